The molecule has 178 valence electrons. The van der Waals surface area contributed by atoms with Gasteiger partial charge >= 0.3 is 11.9 Å². The van der Waals surface area contributed by atoms with Crippen molar-refractivity contribution in [3.05, 3.63) is 11.6 Å². The molecule has 4 rings (SSSR count). The second-order valence-corrected chi connectivity index (χ2v) is 11.3. The third kappa shape index (κ3) is 3.91. The van der Waals surface area contributed by atoms with Gasteiger partial charge in [0.1, 0.15) is 24.0 Å². The lowest BCUT2D eigenvalue weighted by molar-refractivity contribution is -0.194. The Bertz CT molecular complexity index is 825. The molecular weight excluding hydrogens is 451 g/mol. The van der Waals surface area contributed by atoms with Crippen LogP contribution < -0.4 is 0 Å². The van der Waals surface area contributed by atoms with Gasteiger partial charge in [-0.05, 0) is 80.6 Å². The van der Waals surface area contributed by atoms with Gasteiger partial charge in [0.15, 0.2) is 5.78 Å². The summed E-state index contributed by atoms with van der Waals surface area (Å²) >= 11 is 11.5. The molecule has 0 aromatic heterocycles. The Morgan fingerprint density at radius 1 is 1.06 bits per heavy atom. The van der Waals surface area contributed by atoms with Gasteiger partial charge < -0.3 is 9.47 Å². The minimum absolute atomic E-state index is 0.00957. The number of hydrogen-bond acceptors (Lipinski definition) is 5. The van der Waals surface area contributed by atoms with Crippen LogP contribution in [0.15, 0.2) is 11.6 Å². The van der Waals surface area contributed by atoms with Gasteiger partial charge in [-0.25, -0.2) is 0 Å². The topological polar surface area (TPSA) is 69.7 Å². The lowest BCUT2D eigenvalue weighted by Gasteiger charge is -2.62. The van der Waals surface area contributed by atoms with Gasteiger partial charge in [-0.3, -0.25) is 14.4 Å². The number of esters is 2. The molecule has 0 amide bonds. The highest BCUT2D eigenvalue weighted by atomic mass is 35.5. The fourth-order valence-electron chi connectivity index (χ4n) is 8.06. The zero-order valence-electron chi connectivity index (χ0n) is 19.2. The number of rotatable bonds is 5. The molecule has 0 aromatic rings. The monoisotopic (exact) mass is 484 g/mol. The Morgan fingerprint density at radius 2 is 1.75 bits per heavy atom. The van der Waals surface area contributed by atoms with Gasteiger partial charge in [-0.15, -0.1) is 23.2 Å². The van der Waals surface area contributed by atoms with Gasteiger partial charge in [-0.1, -0.05) is 19.9 Å². The summed E-state index contributed by atoms with van der Waals surface area (Å²) in [6, 6.07) is 0. The average molecular weight is 485 g/mol. The summed E-state index contributed by atoms with van der Waals surface area (Å²) < 4.78 is 11.6. The molecule has 5 nitrogen and oxygen atoms in total. The molecule has 0 saturated heterocycles. The van der Waals surface area contributed by atoms with Crippen LogP contribution in [0, 0.1) is 34.5 Å². The van der Waals surface area contributed by atoms with Crippen molar-refractivity contribution in [1.29, 1.82) is 0 Å². The van der Waals surface area contributed by atoms with E-state index in [1.807, 2.05) is 0 Å². The van der Waals surface area contributed by atoms with E-state index in [9.17, 15) is 14.4 Å². The molecule has 4 aliphatic rings. The van der Waals surface area contributed by atoms with Crippen molar-refractivity contribution in [2.45, 2.75) is 77.9 Å². The lowest BCUT2D eigenvalue weighted by Crippen LogP contribution is -2.60. The summed E-state index contributed by atoms with van der Waals surface area (Å²) in [6.45, 7) is 6.17. The molecule has 0 aromatic carbocycles. The maximum atomic E-state index is 12.4. The average Bonchev–Trinajstić information content (AvgIpc) is 3.10. The minimum Gasteiger partial charge on any atom is -0.461 e. The molecule has 32 heavy (non-hydrogen) atoms. The quantitative estimate of drug-likeness (QED) is 0.402. The molecular formula is C25H34Cl2O5. The third-order valence-electron chi connectivity index (χ3n) is 9.29. The number of alkyl halides is 2. The van der Waals surface area contributed by atoms with E-state index < -0.39 is 0 Å². The van der Waals surface area contributed by atoms with E-state index in [0.717, 1.165) is 44.1 Å². The summed E-state index contributed by atoms with van der Waals surface area (Å²) in [4.78, 5) is 36.5. The van der Waals surface area contributed by atoms with Gasteiger partial charge in [0.2, 0.25) is 0 Å². The normalized spacial score (nSPS) is 42.7. The van der Waals surface area contributed by atoms with Crippen molar-refractivity contribution < 1.29 is 23.9 Å². The number of carbonyl (C=O) groups excluding carboxylic acids is 3. The van der Waals surface area contributed by atoms with Crippen molar-refractivity contribution in [2.24, 2.45) is 34.5 Å². The number of allylic oxidation sites excluding steroid dienone is 2. The minimum atomic E-state index is -0.390. The van der Waals surface area contributed by atoms with E-state index in [0.29, 0.717) is 24.2 Å². The predicted octanol–water partition coefficient (Wildman–Crippen LogP) is 5.07. The van der Waals surface area contributed by atoms with Crippen molar-refractivity contribution in [3.8, 4) is 0 Å². The summed E-state index contributed by atoms with van der Waals surface area (Å²) in [7, 11) is 0. The Morgan fingerprint density at radius 3 is 2.41 bits per heavy atom. The first kappa shape index (κ1) is 24.1. The van der Waals surface area contributed by atoms with E-state index in [1.165, 1.54) is 0 Å². The van der Waals surface area contributed by atoms with Crippen LogP contribution in [-0.2, 0) is 23.9 Å². The molecule has 8 atom stereocenters. The molecule has 4 aliphatic carbocycles. The maximum absolute atomic E-state index is 12.4. The molecule has 0 N–H and O–H groups in total. The van der Waals surface area contributed by atoms with Crippen LogP contribution >= 0.6 is 23.2 Å². The summed E-state index contributed by atoms with van der Waals surface area (Å²) in [5.74, 6) is 0.484. The standard InChI is InChI=1S/C25H34Cl2O5/c1-14(28)18-6-7-19-17-5-4-15-10-16(31-21(29)12-26)8-9-24(15,2)23(17)20(11-25(18,19)3)32-22(30)13-27/h6,15-17,19-20,23H,4-5,7-13H2,1-3H3/t15-,16-,17-,19-,20-,23+,24-,25+/m0/s1. The zero-order valence-corrected chi connectivity index (χ0v) is 20.7. The Kier molecular flexibility index (Phi) is 6.72. The highest BCUT2D eigenvalue weighted by molar-refractivity contribution is 6.26. The van der Waals surface area contributed by atoms with Crippen LogP contribution in [0.4, 0.5) is 0 Å². The van der Waals surface area contributed by atoms with Crippen molar-refractivity contribution in [3.63, 3.8) is 0 Å². The number of carbonyl (C=O) groups is 3. The van der Waals surface area contributed by atoms with Crippen molar-refractivity contribution >= 4 is 40.9 Å². The Balaban J connectivity index is 1.64. The number of Topliss-reactive ketones (excluding diaryl/α,β-unsaturated/α-hetero) is 1. The van der Waals surface area contributed by atoms with Gasteiger partial charge in [0, 0.05) is 11.3 Å². The predicted molar refractivity (Wildman–Crippen MR) is 122 cm³/mol. The highest BCUT2D eigenvalue weighted by Crippen LogP contribution is 2.67. The van der Waals surface area contributed by atoms with Crippen LogP contribution in [0.1, 0.15) is 65.7 Å². The van der Waals surface area contributed by atoms with Crippen molar-refractivity contribution in [2.75, 3.05) is 11.8 Å². The number of halogens is 2. The first-order valence-electron chi connectivity index (χ1n) is 11.9. The van der Waals surface area contributed by atoms with Crippen molar-refractivity contribution in [1.82, 2.24) is 0 Å². The van der Waals surface area contributed by atoms with Crippen LogP contribution in [0.25, 0.3) is 0 Å². The number of ketones is 1. The highest BCUT2D eigenvalue weighted by Gasteiger charge is 2.63. The zero-order chi connectivity index (χ0) is 23.3. The lowest BCUT2D eigenvalue weighted by atomic mass is 9.44. The van der Waals surface area contributed by atoms with Gasteiger partial charge in [-0.2, -0.15) is 0 Å². The Labute approximate surface area is 200 Å². The van der Waals surface area contributed by atoms with Gasteiger partial charge in [0.05, 0.1) is 0 Å². The summed E-state index contributed by atoms with van der Waals surface area (Å²) in [6.07, 6.45) is 8.01. The van der Waals surface area contributed by atoms with Crippen LogP contribution in [-0.4, -0.2) is 41.7 Å². The van der Waals surface area contributed by atoms with E-state index in [2.05, 4.69) is 19.9 Å². The fourth-order valence-corrected chi connectivity index (χ4v) is 8.18. The molecule has 3 fully saturated rings. The molecule has 0 radical (unpaired) electrons. The number of ether oxygens (including phenoxy) is 2. The fraction of sp³-hybridized carbons (Fsp3) is 0.800. The molecule has 0 spiro atoms. The summed E-state index contributed by atoms with van der Waals surface area (Å²) in [5, 5.41) is 0. The SMILES string of the molecule is CC(=O)C1=CC[C@H]2[C@@H]3CC[C@H]4C[C@@H](OC(=O)CCl)CC[C@]4(C)[C@H]3[C@@H](OC(=O)CCl)C[C@]12C. The van der Waals surface area contributed by atoms with E-state index in [-0.39, 0.29) is 58.4 Å². The third-order valence-corrected chi connectivity index (χ3v) is 9.72. The van der Waals surface area contributed by atoms with Gasteiger partial charge in [0.25, 0.3) is 0 Å². The van der Waals surface area contributed by atoms with E-state index in [4.69, 9.17) is 32.7 Å². The Hall–Kier alpha value is -1.07. The molecule has 0 bridgehead atoms. The van der Waals surface area contributed by atoms with Crippen LogP contribution in [0.2, 0.25) is 0 Å². The molecule has 3 saturated carbocycles. The smallest absolute Gasteiger partial charge is 0.321 e. The number of fused-ring (bicyclic) bond motifs is 5. The molecule has 0 unspecified atom stereocenters. The second-order valence-electron chi connectivity index (χ2n) is 10.8. The maximum Gasteiger partial charge on any atom is 0.321 e. The van der Waals surface area contributed by atoms with Crippen LogP contribution in [0.5, 0.6) is 0 Å². The summed E-state index contributed by atoms with van der Waals surface area (Å²) in [5.41, 5.74) is 0.627. The molecule has 0 heterocycles. The van der Waals surface area contributed by atoms with E-state index in [1.54, 1.807) is 6.92 Å². The first-order chi connectivity index (χ1) is 15.1. The first-order valence-corrected chi connectivity index (χ1v) is 12.9. The van der Waals surface area contributed by atoms with Crippen LogP contribution in [0.3, 0.4) is 0 Å². The largest absolute Gasteiger partial charge is 0.461 e. The number of hydrogen-bond donors (Lipinski definition) is 0. The molecule has 0 aliphatic heterocycles. The molecule has 7 heteroatoms. The van der Waals surface area contributed by atoms with E-state index >= 15 is 0 Å². The second kappa shape index (κ2) is 8.94.